The van der Waals surface area contributed by atoms with Crippen molar-refractivity contribution in [2.75, 3.05) is 0 Å². The number of rotatable bonds is 2. The van der Waals surface area contributed by atoms with E-state index < -0.39 is 0 Å². The molecule has 1 aromatic carbocycles. The van der Waals surface area contributed by atoms with E-state index in [1.807, 2.05) is 31.2 Å². The van der Waals surface area contributed by atoms with Gasteiger partial charge in [-0.05, 0) is 24.4 Å². The normalized spacial score (nSPS) is 10.7. The average molecular weight is 237 g/mol. The largest absolute Gasteiger partial charge is 0.469 e. The molecule has 3 aromatic rings. The molecule has 0 atom stereocenters. The molecule has 3 heteroatoms. The first-order valence-corrected chi connectivity index (χ1v) is 5.68. The van der Waals surface area contributed by atoms with E-state index in [1.165, 1.54) is 6.26 Å². The minimum Gasteiger partial charge on any atom is -0.469 e. The summed E-state index contributed by atoms with van der Waals surface area (Å²) in [5, 5.41) is 1.87. The van der Waals surface area contributed by atoms with Crippen LogP contribution < -0.4 is 0 Å². The average Bonchev–Trinajstić information content (AvgIpc) is 2.84. The van der Waals surface area contributed by atoms with Crippen LogP contribution in [0.1, 0.15) is 21.7 Å². The van der Waals surface area contributed by atoms with Crippen molar-refractivity contribution < 1.29 is 9.21 Å². The Morgan fingerprint density at radius 3 is 2.94 bits per heavy atom. The second kappa shape index (κ2) is 4.11. The molecule has 18 heavy (non-hydrogen) atoms. The maximum Gasteiger partial charge on any atom is 0.196 e. The molecule has 88 valence electrons. The van der Waals surface area contributed by atoms with Crippen molar-refractivity contribution in [3.8, 4) is 0 Å². The number of carbonyl (C=O) groups is 1. The highest BCUT2D eigenvalue weighted by molar-refractivity contribution is 6.16. The van der Waals surface area contributed by atoms with Crippen LogP contribution in [-0.4, -0.2) is 10.8 Å². The van der Waals surface area contributed by atoms with Gasteiger partial charge in [0.1, 0.15) is 12.0 Å². The minimum atomic E-state index is -0.0244. The number of ketones is 1. The summed E-state index contributed by atoms with van der Waals surface area (Å²) in [6.07, 6.45) is 4.95. The predicted octanol–water partition coefficient (Wildman–Crippen LogP) is 3.37. The molecular weight excluding hydrogens is 226 g/mol. The molecule has 0 radical (unpaired) electrons. The third kappa shape index (κ3) is 1.70. The number of hydrogen-bond donors (Lipinski definition) is 0. The smallest absolute Gasteiger partial charge is 0.196 e. The first-order valence-electron chi connectivity index (χ1n) is 5.68. The van der Waals surface area contributed by atoms with Gasteiger partial charge in [-0.25, -0.2) is 0 Å². The van der Waals surface area contributed by atoms with Crippen LogP contribution in [0.2, 0.25) is 0 Å². The van der Waals surface area contributed by atoms with Gasteiger partial charge in [-0.15, -0.1) is 0 Å². The molecule has 0 spiro atoms. The van der Waals surface area contributed by atoms with Gasteiger partial charge in [0.2, 0.25) is 0 Å². The zero-order chi connectivity index (χ0) is 12.5. The molecule has 0 saturated carbocycles. The first-order chi connectivity index (χ1) is 8.75. The molecule has 0 saturated heterocycles. The van der Waals surface area contributed by atoms with Crippen molar-refractivity contribution in [1.82, 2.24) is 4.98 Å². The van der Waals surface area contributed by atoms with Crippen molar-refractivity contribution >= 4 is 16.6 Å². The standard InChI is InChI=1S/C15H11NO2/c1-10-7-12(9-18-10)15(17)14-4-2-3-11-8-16-6-5-13(11)14/h2-9H,1H3. The summed E-state index contributed by atoms with van der Waals surface area (Å²) in [5.41, 5.74) is 1.26. The van der Waals surface area contributed by atoms with E-state index in [0.717, 1.165) is 16.5 Å². The van der Waals surface area contributed by atoms with E-state index in [4.69, 9.17) is 4.42 Å². The first kappa shape index (κ1) is 10.7. The Labute approximate surface area is 104 Å². The lowest BCUT2D eigenvalue weighted by Gasteiger charge is -2.03. The molecular formula is C15H11NO2. The van der Waals surface area contributed by atoms with Crippen LogP contribution in [0.15, 0.2) is 53.4 Å². The molecule has 0 unspecified atom stereocenters. The van der Waals surface area contributed by atoms with E-state index in [1.54, 1.807) is 18.5 Å². The van der Waals surface area contributed by atoms with Gasteiger partial charge in [-0.1, -0.05) is 18.2 Å². The van der Waals surface area contributed by atoms with Crippen LogP contribution >= 0.6 is 0 Å². The van der Waals surface area contributed by atoms with Crippen molar-refractivity contribution in [2.24, 2.45) is 0 Å². The molecule has 2 aromatic heterocycles. The number of benzene rings is 1. The third-order valence-corrected chi connectivity index (χ3v) is 2.92. The maximum atomic E-state index is 12.4. The van der Waals surface area contributed by atoms with Crippen molar-refractivity contribution in [3.05, 3.63) is 65.9 Å². The van der Waals surface area contributed by atoms with Crippen molar-refractivity contribution in [1.29, 1.82) is 0 Å². The number of carbonyl (C=O) groups excluding carboxylic acids is 1. The molecule has 0 fully saturated rings. The Balaban J connectivity index is 2.17. The molecule has 2 heterocycles. The molecule has 0 aliphatic heterocycles. The van der Waals surface area contributed by atoms with Gasteiger partial charge >= 0.3 is 0 Å². The summed E-state index contributed by atoms with van der Waals surface area (Å²) in [6.45, 7) is 1.82. The van der Waals surface area contributed by atoms with Gasteiger partial charge in [-0.3, -0.25) is 9.78 Å². The van der Waals surface area contributed by atoms with E-state index >= 15 is 0 Å². The monoisotopic (exact) mass is 237 g/mol. The highest BCUT2D eigenvalue weighted by Crippen LogP contribution is 2.21. The Morgan fingerprint density at radius 1 is 1.28 bits per heavy atom. The van der Waals surface area contributed by atoms with Crippen LogP contribution in [0.25, 0.3) is 10.8 Å². The zero-order valence-electron chi connectivity index (χ0n) is 9.88. The number of fused-ring (bicyclic) bond motifs is 1. The fraction of sp³-hybridized carbons (Fsp3) is 0.0667. The predicted molar refractivity (Wildman–Crippen MR) is 68.6 cm³/mol. The lowest BCUT2D eigenvalue weighted by Crippen LogP contribution is -2.00. The zero-order valence-corrected chi connectivity index (χ0v) is 9.88. The van der Waals surface area contributed by atoms with Gasteiger partial charge < -0.3 is 4.42 Å². The SMILES string of the molecule is Cc1cc(C(=O)c2cccc3cnccc23)co1. The number of pyridine rings is 1. The number of hydrogen-bond acceptors (Lipinski definition) is 3. The minimum absolute atomic E-state index is 0.0244. The lowest BCUT2D eigenvalue weighted by atomic mass is 10.00. The molecule has 0 N–H and O–H groups in total. The molecule has 0 bridgehead atoms. The Kier molecular flexibility index (Phi) is 2.45. The lowest BCUT2D eigenvalue weighted by molar-refractivity contribution is 0.103. The van der Waals surface area contributed by atoms with Crippen LogP contribution in [0.3, 0.4) is 0 Å². The van der Waals surface area contributed by atoms with Crippen molar-refractivity contribution in [3.63, 3.8) is 0 Å². The molecule has 3 nitrogen and oxygen atoms in total. The molecule has 0 aliphatic rings. The highest BCUT2D eigenvalue weighted by Gasteiger charge is 2.14. The summed E-state index contributed by atoms with van der Waals surface area (Å²) in [5.74, 6) is 0.712. The van der Waals surface area contributed by atoms with Gasteiger partial charge in [0, 0.05) is 23.3 Å². The van der Waals surface area contributed by atoms with Crippen LogP contribution in [0.4, 0.5) is 0 Å². The second-order valence-electron chi connectivity index (χ2n) is 4.18. The van der Waals surface area contributed by atoms with Crippen molar-refractivity contribution in [2.45, 2.75) is 6.92 Å². The fourth-order valence-electron chi connectivity index (χ4n) is 2.04. The summed E-state index contributed by atoms with van der Waals surface area (Å²) in [6, 6.07) is 9.24. The van der Waals surface area contributed by atoms with E-state index in [-0.39, 0.29) is 5.78 Å². The number of aryl methyl sites for hydroxylation is 1. The van der Waals surface area contributed by atoms with Gasteiger partial charge in [0.15, 0.2) is 5.78 Å². The molecule has 0 amide bonds. The van der Waals surface area contributed by atoms with E-state index in [9.17, 15) is 4.79 Å². The summed E-state index contributed by atoms with van der Waals surface area (Å²) in [4.78, 5) is 16.5. The summed E-state index contributed by atoms with van der Waals surface area (Å²) in [7, 11) is 0. The number of nitrogens with zero attached hydrogens (tertiary/aromatic N) is 1. The van der Waals surface area contributed by atoms with Crippen LogP contribution in [0.5, 0.6) is 0 Å². The third-order valence-electron chi connectivity index (χ3n) is 2.92. The quantitative estimate of drug-likeness (QED) is 0.642. The van der Waals surface area contributed by atoms with E-state index in [2.05, 4.69) is 4.98 Å². The topological polar surface area (TPSA) is 43.1 Å². The van der Waals surface area contributed by atoms with Gasteiger partial charge in [0.25, 0.3) is 0 Å². The van der Waals surface area contributed by atoms with Crippen LogP contribution in [0, 0.1) is 6.92 Å². The van der Waals surface area contributed by atoms with Crippen LogP contribution in [-0.2, 0) is 0 Å². The van der Waals surface area contributed by atoms with Gasteiger partial charge in [0.05, 0.1) is 5.56 Å². The maximum absolute atomic E-state index is 12.4. The fourth-order valence-corrected chi connectivity index (χ4v) is 2.04. The Hall–Kier alpha value is -2.42. The molecule has 3 rings (SSSR count). The summed E-state index contributed by atoms with van der Waals surface area (Å²) < 4.78 is 5.19. The van der Waals surface area contributed by atoms with E-state index in [0.29, 0.717) is 11.1 Å². The summed E-state index contributed by atoms with van der Waals surface area (Å²) >= 11 is 0. The highest BCUT2D eigenvalue weighted by atomic mass is 16.3. The second-order valence-corrected chi connectivity index (χ2v) is 4.18. The number of furan rings is 1. The Morgan fingerprint density at radius 2 is 2.17 bits per heavy atom. The van der Waals surface area contributed by atoms with Gasteiger partial charge in [-0.2, -0.15) is 0 Å². The Bertz CT molecular complexity index is 723. The number of aromatic nitrogens is 1. The molecule has 0 aliphatic carbocycles.